The van der Waals surface area contributed by atoms with Gasteiger partial charge in [0.25, 0.3) is 0 Å². The summed E-state index contributed by atoms with van der Waals surface area (Å²) in [6, 6.07) is 11.3. The van der Waals surface area contributed by atoms with Crippen molar-refractivity contribution in [2.24, 2.45) is 0 Å². The molecule has 3 aromatic rings. The average Bonchev–Trinajstić information content (AvgIpc) is 2.38. The molecule has 0 unspecified atom stereocenters. The molecule has 0 aliphatic rings. The topological polar surface area (TPSA) is 25.8 Å². The van der Waals surface area contributed by atoms with E-state index in [9.17, 15) is 4.39 Å². The van der Waals surface area contributed by atoms with E-state index in [4.69, 9.17) is 23.2 Å². The molecule has 1 aromatic heterocycles. The zero-order valence-corrected chi connectivity index (χ0v) is 11.1. The minimum absolute atomic E-state index is 0.301. The Balaban J connectivity index is 2.22. The van der Waals surface area contributed by atoms with E-state index in [1.807, 2.05) is 0 Å². The van der Waals surface area contributed by atoms with Crippen LogP contribution in [-0.2, 0) is 0 Å². The van der Waals surface area contributed by atoms with E-state index >= 15 is 0 Å². The molecule has 0 saturated carbocycles. The molecular formula is C14H7Cl2FN2. The Hall–Kier alpha value is -1.71. The highest BCUT2D eigenvalue weighted by Gasteiger charge is 2.08. The molecule has 94 valence electrons. The van der Waals surface area contributed by atoms with Gasteiger partial charge in [0.05, 0.1) is 5.52 Å². The number of hydrogen-bond acceptors (Lipinski definition) is 2. The highest BCUT2D eigenvalue weighted by molar-refractivity contribution is 6.34. The number of aromatic nitrogens is 2. The molecule has 5 heteroatoms. The van der Waals surface area contributed by atoms with Crippen LogP contribution in [0, 0.1) is 5.82 Å². The number of nitrogens with zero attached hydrogens (tertiary/aromatic N) is 2. The molecule has 0 aliphatic carbocycles. The van der Waals surface area contributed by atoms with Gasteiger partial charge < -0.3 is 0 Å². The van der Waals surface area contributed by atoms with Gasteiger partial charge in [-0.25, -0.2) is 14.4 Å². The predicted octanol–water partition coefficient (Wildman–Crippen LogP) is 4.74. The van der Waals surface area contributed by atoms with Crippen LogP contribution in [0.15, 0.2) is 42.5 Å². The summed E-state index contributed by atoms with van der Waals surface area (Å²) < 4.78 is 13.2. The van der Waals surface area contributed by atoms with Crippen LogP contribution in [0.4, 0.5) is 4.39 Å². The first-order chi connectivity index (χ1) is 9.13. The van der Waals surface area contributed by atoms with Crippen molar-refractivity contribution >= 4 is 34.1 Å². The highest BCUT2D eigenvalue weighted by Crippen LogP contribution is 2.26. The number of hydrogen-bond donors (Lipinski definition) is 0. The van der Waals surface area contributed by atoms with Crippen LogP contribution in [0.1, 0.15) is 0 Å². The molecule has 0 spiro atoms. The van der Waals surface area contributed by atoms with Gasteiger partial charge in [0.15, 0.2) is 5.82 Å². The van der Waals surface area contributed by atoms with Crippen LogP contribution in [0.5, 0.6) is 0 Å². The lowest BCUT2D eigenvalue weighted by molar-refractivity contribution is 0.629. The fraction of sp³-hybridized carbons (Fsp3) is 0. The van der Waals surface area contributed by atoms with Gasteiger partial charge in [0, 0.05) is 22.0 Å². The van der Waals surface area contributed by atoms with Crippen LogP contribution in [0.3, 0.4) is 0 Å². The van der Waals surface area contributed by atoms with E-state index in [0.29, 0.717) is 26.9 Å². The normalized spacial score (nSPS) is 10.9. The SMILES string of the molecule is Fc1ccc2c(Cl)nc(-c3ccc(Cl)cc3)nc2c1. The van der Waals surface area contributed by atoms with Crippen molar-refractivity contribution in [2.75, 3.05) is 0 Å². The van der Waals surface area contributed by atoms with E-state index in [1.165, 1.54) is 12.1 Å². The summed E-state index contributed by atoms with van der Waals surface area (Å²) in [6.07, 6.45) is 0. The first kappa shape index (κ1) is 12.3. The number of fused-ring (bicyclic) bond motifs is 1. The molecule has 1 heterocycles. The summed E-state index contributed by atoms with van der Waals surface area (Å²) in [6.45, 7) is 0. The lowest BCUT2D eigenvalue weighted by Crippen LogP contribution is -1.92. The summed E-state index contributed by atoms with van der Waals surface area (Å²) in [5, 5.41) is 1.55. The van der Waals surface area contributed by atoms with Crippen LogP contribution >= 0.6 is 23.2 Å². The summed E-state index contributed by atoms with van der Waals surface area (Å²) in [5.41, 5.74) is 1.25. The van der Waals surface area contributed by atoms with Gasteiger partial charge in [-0.1, -0.05) is 23.2 Å². The Labute approximate surface area is 118 Å². The zero-order chi connectivity index (χ0) is 13.4. The molecule has 0 amide bonds. The zero-order valence-electron chi connectivity index (χ0n) is 9.57. The Morgan fingerprint density at radius 1 is 0.895 bits per heavy atom. The van der Waals surface area contributed by atoms with E-state index < -0.39 is 0 Å². The van der Waals surface area contributed by atoms with Gasteiger partial charge in [0.2, 0.25) is 0 Å². The van der Waals surface area contributed by atoms with Crippen molar-refractivity contribution in [1.29, 1.82) is 0 Å². The second-order valence-electron chi connectivity index (χ2n) is 4.01. The van der Waals surface area contributed by atoms with Gasteiger partial charge >= 0.3 is 0 Å². The highest BCUT2D eigenvalue weighted by atomic mass is 35.5. The van der Waals surface area contributed by atoms with Crippen molar-refractivity contribution in [2.45, 2.75) is 0 Å². The summed E-state index contributed by atoms with van der Waals surface area (Å²) in [4.78, 5) is 8.54. The Kier molecular flexibility index (Phi) is 3.09. The number of halogens is 3. The van der Waals surface area contributed by atoms with Crippen molar-refractivity contribution < 1.29 is 4.39 Å². The third kappa shape index (κ3) is 2.39. The summed E-state index contributed by atoms with van der Waals surface area (Å²) >= 11 is 11.9. The molecule has 0 bridgehead atoms. The van der Waals surface area contributed by atoms with Crippen LogP contribution in [0.25, 0.3) is 22.3 Å². The molecule has 0 atom stereocenters. The molecule has 0 aliphatic heterocycles. The molecule has 0 saturated heterocycles. The van der Waals surface area contributed by atoms with Crippen molar-refractivity contribution in [3.05, 3.63) is 58.5 Å². The minimum Gasteiger partial charge on any atom is -0.228 e. The third-order valence-corrected chi connectivity index (χ3v) is 3.25. The maximum Gasteiger partial charge on any atom is 0.161 e. The van der Waals surface area contributed by atoms with E-state index in [0.717, 1.165) is 5.56 Å². The molecule has 3 rings (SSSR count). The lowest BCUT2D eigenvalue weighted by Gasteiger charge is -2.04. The first-order valence-corrected chi connectivity index (χ1v) is 6.28. The monoisotopic (exact) mass is 292 g/mol. The maximum atomic E-state index is 13.2. The van der Waals surface area contributed by atoms with Crippen LogP contribution < -0.4 is 0 Å². The minimum atomic E-state index is -0.357. The maximum absolute atomic E-state index is 13.2. The smallest absolute Gasteiger partial charge is 0.161 e. The average molecular weight is 293 g/mol. The van der Waals surface area contributed by atoms with Gasteiger partial charge in [-0.05, 0) is 36.4 Å². The Morgan fingerprint density at radius 2 is 1.63 bits per heavy atom. The lowest BCUT2D eigenvalue weighted by atomic mass is 10.2. The molecule has 2 nitrogen and oxygen atoms in total. The van der Waals surface area contributed by atoms with Crippen LogP contribution in [-0.4, -0.2) is 9.97 Å². The summed E-state index contributed by atoms with van der Waals surface area (Å²) in [5.74, 6) is 0.0871. The second kappa shape index (κ2) is 4.76. The van der Waals surface area contributed by atoms with E-state index in [-0.39, 0.29) is 5.82 Å². The number of rotatable bonds is 1. The Bertz CT molecular complexity index is 757. The molecule has 0 N–H and O–H groups in total. The Morgan fingerprint density at radius 3 is 2.37 bits per heavy atom. The van der Waals surface area contributed by atoms with Gasteiger partial charge in [-0.3, -0.25) is 0 Å². The molecule has 2 aromatic carbocycles. The fourth-order valence-corrected chi connectivity index (χ4v) is 2.16. The van der Waals surface area contributed by atoms with Crippen LogP contribution in [0.2, 0.25) is 10.2 Å². The first-order valence-electron chi connectivity index (χ1n) is 5.52. The third-order valence-electron chi connectivity index (χ3n) is 2.71. The standard InChI is InChI=1S/C14H7Cl2FN2/c15-9-3-1-8(2-4-9)14-18-12-7-10(17)5-6-11(12)13(16)19-14/h1-7H. The van der Waals surface area contributed by atoms with Gasteiger partial charge in [0.1, 0.15) is 11.0 Å². The van der Waals surface area contributed by atoms with Crippen molar-refractivity contribution in [3.63, 3.8) is 0 Å². The second-order valence-corrected chi connectivity index (χ2v) is 4.80. The van der Waals surface area contributed by atoms with Gasteiger partial charge in [-0.2, -0.15) is 0 Å². The van der Waals surface area contributed by atoms with Gasteiger partial charge in [-0.15, -0.1) is 0 Å². The molecular weight excluding hydrogens is 286 g/mol. The van der Waals surface area contributed by atoms with Crippen molar-refractivity contribution in [1.82, 2.24) is 9.97 Å². The summed E-state index contributed by atoms with van der Waals surface area (Å²) in [7, 11) is 0. The van der Waals surface area contributed by atoms with Crippen molar-refractivity contribution in [3.8, 4) is 11.4 Å². The largest absolute Gasteiger partial charge is 0.228 e. The molecule has 19 heavy (non-hydrogen) atoms. The quantitative estimate of drug-likeness (QED) is 0.605. The fourth-order valence-electron chi connectivity index (χ4n) is 1.79. The van der Waals surface area contributed by atoms with E-state index in [2.05, 4.69) is 9.97 Å². The molecule has 0 fully saturated rings. The number of benzene rings is 2. The molecule has 0 radical (unpaired) electrons. The predicted molar refractivity (Wildman–Crippen MR) is 75.0 cm³/mol. The van der Waals surface area contributed by atoms with E-state index in [1.54, 1.807) is 30.3 Å².